The van der Waals surface area contributed by atoms with Crippen molar-refractivity contribution in [3.8, 4) is 23.0 Å². The van der Waals surface area contributed by atoms with E-state index in [1.165, 1.54) is 16.8 Å². The summed E-state index contributed by atoms with van der Waals surface area (Å²) in [5.74, 6) is 2.38. The van der Waals surface area contributed by atoms with Gasteiger partial charge in [0, 0.05) is 0 Å². The zero-order valence-electron chi connectivity index (χ0n) is 22.6. The second kappa shape index (κ2) is 13.3. The molecule has 0 saturated heterocycles. The highest BCUT2D eigenvalue weighted by Gasteiger charge is 2.29. The number of halogens is 1. The third-order valence-electron chi connectivity index (χ3n) is 6.85. The second-order valence-corrected chi connectivity index (χ2v) is 14.4. The van der Waals surface area contributed by atoms with E-state index >= 15 is 0 Å². The van der Waals surface area contributed by atoms with Crippen molar-refractivity contribution in [2.75, 3.05) is 13.2 Å². The summed E-state index contributed by atoms with van der Waals surface area (Å²) in [4.78, 5) is 0. The Bertz CT molecular complexity index is 1280. The molecule has 198 valence electrons. The van der Waals surface area contributed by atoms with Crippen LogP contribution in [0.5, 0.6) is 23.0 Å². The fraction of sp³-hybridized carbons (Fsp3) is 0.273. The third-order valence-corrected chi connectivity index (χ3v) is 11.2. The molecule has 3 nitrogen and oxygen atoms in total. The van der Waals surface area contributed by atoms with Crippen molar-refractivity contribution in [3.05, 3.63) is 114 Å². The van der Waals surface area contributed by atoms with Crippen molar-refractivity contribution in [1.82, 2.24) is 0 Å². The van der Waals surface area contributed by atoms with Gasteiger partial charge in [-0.3, -0.25) is 0 Å². The summed E-state index contributed by atoms with van der Waals surface area (Å²) in [6.07, 6.45) is 1.89. The van der Waals surface area contributed by atoms with Gasteiger partial charge >= 0.3 is 0 Å². The maximum absolute atomic E-state index is 14.5. The molecule has 0 amide bonds. The number of aryl methyl sites for hydroxylation is 1. The molecular weight excluding hydrogens is 491 g/mol. The fourth-order valence-corrected chi connectivity index (χ4v) is 8.59. The van der Waals surface area contributed by atoms with Crippen LogP contribution in [0.3, 0.4) is 0 Å². The highest BCUT2D eigenvalue weighted by molar-refractivity contribution is 6.90. The molecular formula is C33H37FO3Si. The van der Waals surface area contributed by atoms with Crippen LogP contribution >= 0.6 is 0 Å². The van der Waals surface area contributed by atoms with Crippen molar-refractivity contribution >= 4 is 13.3 Å². The maximum Gasteiger partial charge on any atom is 0.165 e. The van der Waals surface area contributed by atoms with Crippen molar-refractivity contribution in [2.45, 2.75) is 45.3 Å². The molecule has 38 heavy (non-hydrogen) atoms. The van der Waals surface area contributed by atoms with Gasteiger partial charge in [-0.1, -0.05) is 78.3 Å². The Hall–Kier alpha value is -3.57. The number of benzene rings is 4. The molecule has 0 heterocycles. The maximum atomic E-state index is 14.5. The molecule has 0 fully saturated rings. The summed E-state index contributed by atoms with van der Waals surface area (Å²) in [6.45, 7) is 7.80. The van der Waals surface area contributed by atoms with E-state index in [1.807, 2.05) is 56.3 Å². The van der Waals surface area contributed by atoms with Crippen LogP contribution < -0.4 is 19.4 Å². The first kappa shape index (κ1) is 27.5. The van der Waals surface area contributed by atoms with Gasteiger partial charge in [-0.2, -0.15) is 0 Å². The monoisotopic (exact) mass is 528 g/mol. The van der Waals surface area contributed by atoms with Crippen LogP contribution in [0.4, 0.5) is 4.39 Å². The van der Waals surface area contributed by atoms with Crippen molar-refractivity contribution in [1.29, 1.82) is 0 Å². The summed E-state index contributed by atoms with van der Waals surface area (Å²) >= 11 is 0. The normalized spacial score (nSPS) is 12.5. The van der Waals surface area contributed by atoms with Crippen LogP contribution in [0, 0.1) is 5.82 Å². The van der Waals surface area contributed by atoms with Gasteiger partial charge in [0.1, 0.15) is 17.2 Å². The van der Waals surface area contributed by atoms with Gasteiger partial charge in [0.25, 0.3) is 0 Å². The summed E-state index contributed by atoms with van der Waals surface area (Å²) in [7, 11) is -1.89. The highest BCUT2D eigenvalue weighted by atomic mass is 28.3. The molecule has 0 spiro atoms. The molecule has 0 aliphatic carbocycles. The predicted octanol–water partition coefficient (Wildman–Crippen LogP) is 8.12. The van der Waals surface area contributed by atoms with Gasteiger partial charge in [0.05, 0.1) is 21.3 Å². The van der Waals surface area contributed by atoms with Gasteiger partial charge in [0.15, 0.2) is 11.6 Å². The van der Waals surface area contributed by atoms with Gasteiger partial charge < -0.3 is 14.2 Å². The Morgan fingerprint density at radius 1 is 0.684 bits per heavy atom. The van der Waals surface area contributed by atoms with Crippen LogP contribution in [-0.2, 0) is 12.5 Å². The lowest BCUT2D eigenvalue weighted by molar-refractivity contribution is 0.340. The van der Waals surface area contributed by atoms with Crippen LogP contribution in [0.25, 0.3) is 0 Å². The third kappa shape index (κ3) is 7.48. The van der Waals surface area contributed by atoms with Gasteiger partial charge in [0.2, 0.25) is 0 Å². The van der Waals surface area contributed by atoms with Gasteiger partial charge in [-0.05, 0) is 80.4 Å². The van der Waals surface area contributed by atoms with E-state index in [4.69, 9.17) is 14.2 Å². The average Bonchev–Trinajstić information content (AvgIpc) is 2.93. The molecule has 0 aromatic heterocycles. The Kier molecular flexibility index (Phi) is 9.60. The van der Waals surface area contributed by atoms with E-state index in [2.05, 4.69) is 55.1 Å². The first-order valence-electron chi connectivity index (χ1n) is 13.5. The van der Waals surface area contributed by atoms with Crippen LogP contribution in [0.15, 0.2) is 97.1 Å². The molecule has 1 unspecified atom stereocenters. The lowest BCUT2D eigenvalue weighted by Crippen LogP contribution is -2.47. The Morgan fingerprint density at radius 3 is 1.92 bits per heavy atom. The lowest BCUT2D eigenvalue weighted by atomic mass is 10.1. The molecule has 4 rings (SSSR count). The lowest BCUT2D eigenvalue weighted by Gasteiger charge is -2.29. The Balaban J connectivity index is 1.49. The smallest absolute Gasteiger partial charge is 0.165 e. The number of ether oxygens (including phenoxy) is 3. The van der Waals surface area contributed by atoms with Crippen LogP contribution in [0.1, 0.15) is 31.4 Å². The molecule has 0 saturated carbocycles. The fourth-order valence-electron chi connectivity index (χ4n) is 4.86. The number of rotatable bonds is 13. The molecule has 5 heteroatoms. The van der Waals surface area contributed by atoms with Crippen molar-refractivity contribution in [3.63, 3.8) is 0 Å². The zero-order valence-corrected chi connectivity index (χ0v) is 23.6. The Labute approximate surface area is 227 Å². The number of hydrogen-bond acceptors (Lipinski definition) is 3. The topological polar surface area (TPSA) is 27.7 Å². The first-order valence-corrected chi connectivity index (χ1v) is 16.4. The molecule has 0 bridgehead atoms. The van der Waals surface area contributed by atoms with E-state index < -0.39 is 8.07 Å². The molecule has 4 aromatic rings. The summed E-state index contributed by atoms with van der Waals surface area (Å²) in [5.41, 5.74) is 2.42. The van der Waals surface area contributed by atoms with E-state index in [9.17, 15) is 4.39 Å². The standard InChI is InChI=1S/C33H37FO3Si/c1-4-35-28-16-13-27(14-17-28)25-38(3,31-20-18-29(19-21-31)36-5-2)23-9-10-26-15-22-32(34)33(24-26)37-30-11-7-6-8-12-30/h6-8,11-22,24H,4-5,9-10,23,25H2,1-3H3. The van der Waals surface area contributed by atoms with Crippen LogP contribution in [-0.4, -0.2) is 21.3 Å². The quantitative estimate of drug-likeness (QED) is 0.164. The molecule has 4 aromatic carbocycles. The summed E-state index contributed by atoms with van der Waals surface area (Å²) < 4.78 is 31.6. The molecule has 0 radical (unpaired) electrons. The van der Waals surface area contributed by atoms with Crippen molar-refractivity contribution < 1.29 is 18.6 Å². The number of hydrogen-bond donors (Lipinski definition) is 0. The summed E-state index contributed by atoms with van der Waals surface area (Å²) in [5, 5.41) is 1.42. The largest absolute Gasteiger partial charge is 0.494 e. The minimum atomic E-state index is -1.89. The minimum Gasteiger partial charge on any atom is -0.494 e. The predicted molar refractivity (Wildman–Crippen MR) is 156 cm³/mol. The SMILES string of the molecule is CCOc1ccc(C[Si](C)(CCCc2ccc(F)c(Oc3ccccc3)c2)c2ccc(OCC)cc2)cc1. The van der Waals surface area contributed by atoms with E-state index in [0.29, 0.717) is 19.0 Å². The molecule has 0 aliphatic rings. The molecule has 1 atom stereocenters. The molecule has 0 aliphatic heterocycles. The van der Waals surface area contributed by atoms with E-state index in [0.717, 1.165) is 42.0 Å². The Morgan fingerprint density at radius 2 is 1.29 bits per heavy atom. The van der Waals surface area contributed by atoms with Gasteiger partial charge in [-0.15, -0.1) is 0 Å². The highest BCUT2D eigenvalue weighted by Crippen LogP contribution is 2.28. The number of para-hydroxylation sites is 1. The van der Waals surface area contributed by atoms with Gasteiger partial charge in [-0.25, -0.2) is 4.39 Å². The second-order valence-electron chi connectivity index (χ2n) is 9.81. The average molecular weight is 529 g/mol. The summed E-state index contributed by atoms with van der Waals surface area (Å²) in [6, 6.07) is 33.9. The van der Waals surface area contributed by atoms with E-state index in [-0.39, 0.29) is 11.6 Å². The molecule has 0 N–H and O–H groups in total. The van der Waals surface area contributed by atoms with E-state index in [1.54, 1.807) is 0 Å². The minimum absolute atomic E-state index is 0.273. The van der Waals surface area contributed by atoms with Crippen LogP contribution in [0.2, 0.25) is 12.6 Å². The zero-order chi connectivity index (χ0) is 26.8. The first-order chi connectivity index (χ1) is 18.5. The van der Waals surface area contributed by atoms with Crippen molar-refractivity contribution in [2.24, 2.45) is 0 Å².